The highest BCUT2D eigenvalue weighted by Crippen LogP contribution is 2.35. The van der Waals surface area contributed by atoms with Gasteiger partial charge in [0.1, 0.15) is 0 Å². The maximum Gasteiger partial charge on any atom is 0.156 e. The van der Waals surface area contributed by atoms with E-state index in [1.165, 1.54) is 30.2 Å². The van der Waals surface area contributed by atoms with Gasteiger partial charge in [0, 0.05) is 11.8 Å². The molecule has 2 atom stereocenters. The minimum atomic E-state index is 0.759. The third kappa shape index (κ3) is 1.94. The summed E-state index contributed by atoms with van der Waals surface area (Å²) in [7, 11) is 0. The summed E-state index contributed by atoms with van der Waals surface area (Å²) >= 11 is 1.87. The Bertz CT molecular complexity index is 191. The Kier molecular flexibility index (Phi) is 2.59. The van der Waals surface area contributed by atoms with Crippen molar-refractivity contribution < 1.29 is 0 Å². The van der Waals surface area contributed by atoms with Crippen LogP contribution < -0.4 is 5.32 Å². The summed E-state index contributed by atoms with van der Waals surface area (Å²) in [6.45, 7) is 3.27. The van der Waals surface area contributed by atoms with Crippen LogP contribution in [0.5, 0.6) is 0 Å². The minimum absolute atomic E-state index is 0.759. The fraction of sp³-hybridized carbons (Fsp3) is 0.889. The SMILES string of the molecule is CCCC1CC1NC1=NCCS1. The molecule has 0 saturated heterocycles. The van der Waals surface area contributed by atoms with Crippen LogP contribution in [0, 0.1) is 5.92 Å². The first-order valence-corrected chi connectivity index (χ1v) is 5.82. The first-order valence-electron chi connectivity index (χ1n) is 4.84. The first-order chi connectivity index (χ1) is 5.90. The number of aliphatic imine (C=N–C) groups is 1. The van der Waals surface area contributed by atoms with Crippen LogP contribution in [-0.4, -0.2) is 23.5 Å². The van der Waals surface area contributed by atoms with E-state index in [9.17, 15) is 0 Å². The fourth-order valence-corrected chi connectivity index (χ4v) is 2.49. The van der Waals surface area contributed by atoms with Crippen molar-refractivity contribution in [1.82, 2.24) is 5.32 Å². The molecule has 3 heteroatoms. The van der Waals surface area contributed by atoms with Crippen LogP contribution in [0.4, 0.5) is 0 Å². The Morgan fingerprint density at radius 3 is 3.25 bits per heavy atom. The predicted molar refractivity (Wildman–Crippen MR) is 54.7 cm³/mol. The number of thioether (sulfide) groups is 1. The lowest BCUT2D eigenvalue weighted by Crippen LogP contribution is -2.22. The second-order valence-electron chi connectivity index (χ2n) is 3.57. The van der Waals surface area contributed by atoms with Crippen molar-refractivity contribution in [1.29, 1.82) is 0 Å². The highest BCUT2D eigenvalue weighted by Gasteiger charge is 2.36. The molecule has 0 aromatic carbocycles. The average Bonchev–Trinajstić information content (AvgIpc) is 2.62. The van der Waals surface area contributed by atoms with Crippen LogP contribution in [0.1, 0.15) is 26.2 Å². The molecule has 68 valence electrons. The molecule has 1 aliphatic heterocycles. The maximum absolute atomic E-state index is 4.38. The van der Waals surface area contributed by atoms with Gasteiger partial charge in [-0.05, 0) is 18.8 Å². The molecule has 0 bridgehead atoms. The average molecular weight is 184 g/mol. The van der Waals surface area contributed by atoms with Gasteiger partial charge in [-0.15, -0.1) is 0 Å². The molecule has 2 aliphatic rings. The lowest BCUT2D eigenvalue weighted by Gasteiger charge is -2.02. The number of rotatable bonds is 3. The van der Waals surface area contributed by atoms with Crippen LogP contribution in [0.25, 0.3) is 0 Å². The van der Waals surface area contributed by atoms with E-state index in [4.69, 9.17) is 0 Å². The Hall–Kier alpha value is -0.180. The third-order valence-electron chi connectivity index (χ3n) is 2.48. The monoisotopic (exact) mass is 184 g/mol. The van der Waals surface area contributed by atoms with Crippen molar-refractivity contribution in [2.45, 2.75) is 32.2 Å². The van der Waals surface area contributed by atoms with Gasteiger partial charge in [0.25, 0.3) is 0 Å². The number of nitrogens with one attached hydrogen (secondary N) is 1. The van der Waals surface area contributed by atoms with E-state index in [0.29, 0.717) is 0 Å². The topological polar surface area (TPSA) is 24.4 Å². The lowest BCUT2D eigenvalue weighted by molar-refractivity contribution is 0.665. The van der Waals surface area contributed by atoms with E-state index >= 15 is 0 Å². The summed E-state index contributed by atoms with van der Waals surface area (Å²) in [6.07, 6.45) is 4.07. The predicted octanol–water partition coefficient (Wildman–Crippen LogP) is 1.87. The van der Waals surface area contributed by atoms with Crippen molar-refractivity contribution in [2.24, 2.45) is 10.9 Å². The summed E-state index contributed by atoms with van der Waals surface area (Å²) in [4.78, 5) is 4.38. The molecule has 1 fully saturated rings. The molecule has 0 spiro atoms. The second-order valence-corrected chi connectivity index (χ2v) is 4.65. The lowest BCUT2D eigenvalue weighted by atomic mass is 10.2. The van der Waals surface area contributed by atoms with Gasteiger partial charge in [-0.1, -0.05) is 25.1 Å². The summed E-state index contributed by atoms with van der Waals surface area (Å²) in [5.74, 6) is 2.12. The van der Waals surface area contributed by atoms with Gasteiger partial charge >= 0.3 is 0 Å². The molecule has 0 amide bonds. The van der Waals surface area contributed by atoms with Gasteiger partial charge in [0.2, 0.25) is 0 Å². The summed E-state index contributed by atoms with van der Waals surface area (Å²) < 4.78 is 0. The third-order valence-corrected chi connectivity index (χ3v) is 3.38. The molecule has 1 heterocycles. The number of amidine groups is 1. The zero-order valence-electron chi connectivity index (χ0n) is 7.55. The molecule has 0 aromatic heterocycles. The first kappa shape index (κ1) is 8.42. The highest BCUT2D eigenvalue weighted by atomic mass is 32.2. The van der Waals surface area contributed by atoms with E-state index in [1.54, 1.807) is 0 Å². The number of nitrogens with zero attached hydrogens (tertiary/aromatic N) is 1. The number of hydrogen-bond donors (Lipinski definition) is 1. The quantitative estimate of drug-likeness (QED) is 0.724. The van der Waals surface area contributed by atoms with E-state index in [-0.39, 0.29) is 0 Å². The molecular weight excluding hydrogens is 168 g/mol. The van der Waals surface area contributed by atoms with Gasteiger partial charge in [0.05, 0.1) is 6.54 Å². The van der Waals surface area contributed by atoms with Gasteiger partial charge in [-0.25, -0.2) is 0 Å². The Morgan fingerprint density at radius 1 is 1.67 bits per heavy atom. The number of hydrogen-bond acceptors (Lipinski definition) is 3. The van der Waals surface area contributed by atoms with Crippen LogP contribution in [0.2, 0.25) is 0 Å². The molecule has 1 N–H and O–H groups in total. The zero-order valence-corrected chi connectivity index (χ0v) is 8.36. The highest BCUT2D eigenvalue weighted by molar-refractivity contribution is 8.14. The van der Waals surface area contributed by atoms with Crippen LogP contribution in [0.15, 0.2) is 4.99 Å². The largest absolute Gasteiger partial charge is 0.362 e. The van der Waals surface area contributed by atoms with Crippen LogP contribution in [0.3, 0.4) is 0 Å². The van der Waals surface area contributed by atoms with Crippen molar-refractivity contribution in [2.75, 3.05) is 12.3 Å². The minimum Gasteiger partial charge on any atom is -0.362 e. The van der Waals surface area contributed by atoms with E-state index < -0.39 is 0 Å². The fourth-order valence-electron chi connectivity index (χ4n) is 1.70. The van der Waals surface area contributed by atoms with E-state index in [0.717, 1.165) is 18.5 Å². The van der Waals surface area contributed by atoms with Crippen molar-refractivity contribution in [3.63, 3.8) is 0 Å². The summed E-state index contributed by atoms with van der Waals surface area (Å²) in [6, 6.07) is 0.759. The van der Waals surface area contributed by atoms with E-state index in [1.807, 2.05) is 11.8 Å². The molecule has 2 unspecified atom stereocenters. The Morgan fingerprint density at radius 2 is 2.58 bits per heavy atom. The smallest absolute Gasteiger partial charge is 0.156 e. The normalized spacial score (nSPS) is 33.2. The molecule has 1 saturated carbocycles. The molecule has 1 aliphatic carbocycles. The second kappa shape index (κ2) is 3.69. The Labute approximate surface area is 78.2 Å². The summed E-state index contributed by atoms with van der Waals surface area (Å²) in [5, 5.41) is 4.69. The van der Waals surface area contributed by atoms with Crippen LogP contribution >= 0.6 is 11.8 Å². The zero-order chi connectivity index (χ0) is 8.39. The molecule has 2 rings (SSSR count). The van der Waals surface area contributed by atoms with E-state index in [2.05, 4.69) is 17.2 Å². The van der Waals surface area contributed by atoms with Crippen LogP contribution in [-0.2, 0) is 0 Å². The standard InChI is InChI=1S/C9H16N2S/c1-2-3-7-6-8(7)11-9-10-4-5-12-9/h7-8H,2-6H2,1H3,(H,10,11). The Balaban J connectivity index is 1.69. The molecule has 12 heavy (non-hydrogen) atoms. The molecular formula is C9H16N2S. The van der Waals surface area contributed by atoms with Crippen molar-refractivity contribution >= 4 is 16.9 Å². The molecule has 0 aromatic rings. The summed E-state index contributed by atoms with van der Waals surface area (Å²) in [5.41, 5.74) is 0. The van der Waals surface area contributed by atoms with Crippen molar-refractivity contribution in [3.05, 3.63) is 0 Å². The van der Waals surface area contributed by atoms with Gasteiger partial charge in [-0.2, -0.15) is 0 Å². The van der Waals surface area contributed by atoms with Gasteiger partial charge < -0.3 is 5.32 Å². The molecule has 0 radical (unpaired) electrons. The molecule has 2 nitrogen and oxygen atoms in total. The van der Waals surface area contributed by atoms with Gasteiger partial charge in [-0.3, -0.25) is 4.99 Å². The van der Waals surface area contributed by atoms with Crippen molar-refractivity contribution in [3.8, 4) is 0 Å². The van der Waals surface area contributed by atoms with Gasteiger partial charge in [0.15, 0.2) is 5.17 Å². The maximum atomic E-state index is 4.38.